The molecule has 256 valence electrons. The van der Waals surface area contributed by atoms with Crippen molar-refractivity contribution in [2.24, 2.45) is 0 Å². The molecule has 0 saturated carbocycles. The van der Waals surface area contributed by atoms with Crippen LogP contribution in [0.15, 0.2) is 109 Å². The van der Waals surface area contributed by atoms with Crippen molar-refractivity contribution in [1.29, 1.82) is 0 Å². The van der Waals surface area contributed by atoms with Gasteiger partial charge in [0.25, 0.3) is 0 Å². The minimum Gasteiger partial charge on any atom is -0.341 e. The van der Waals surface area contributed by atoms with Crippen molar-refractivity contribution in [3.05, 3.63) is 147 Å². The second kappa shape index (κ2) is 11.6. The zero-order valence-electron chi connectivity index (χ0n) is 31.2. The Morgan fingerprint density at radius 2 is 1.33 bits per heavy atom. The predicted molar refractivity (Wildman–Crippen MR) is 218 cm³/mol. The van der Waals surface area contributed by atoms with Crippen LogP contribution in [0.2, 0.25) is 0 Å². The first-order valence-electron chi connectivity index (χ1n) is 19.1. The van der Waals surface area contributed by atoms with Gasteiger partial charge in [0.2, 0.25) is 0 Å². The maximum Gasteiger partial charge on any atom is 0.0487 e. The van der Waals surface area contributed by atoms with Gasteiger partial charge in [-0.3, -0.25) is 0 Å². The van der Waals surface area contributed by atoms with E-state index in [2.05, 4.69) is 173 Å². The van der Waals surface area contributed by atoms with Crippen molar-refractivity contribution < 1.29 is 0 Å². The van der Waals surface area contributed by atoms with E-state index in [1.807, 2.05) is 0 Å². The first-order valence-corrected chi connectivity index (χ1v) is 19.1. The molecule has 0 atom stereocenters. The largest absolute Gasteiger partial charge is 0.341 e. The number of fused-ring (bicyclic) bond motifs is 6. The molecule has 2 aliphatic heterocycles. The minimum absolute atomic E-state index is 0.0548. The van der Waals surface area contributed by atoms with Crippen LogP contribution in [0, 0.1) is 0 Å². The fraction of sp³-hybridized carbons (Fsp3) is 0.306. The summed E-state index contributed by atoms with van der Waals surface area (Å²) in [6.07, 6.45) is 12.8. The Morgan fingerprint density at radius 1 is 0.608 bits per heavy atom. The molecule has 0 bridgehead atoms. The van der Waals surface area contributed by atoms with Crippen molar-refractivity contribution in [1.82, 2.24) is 0 Å². The molecule has 0 aromatic heterocycles. The number of para-hydroxylation sites is 2. The van der Waals surface area contributed by atoms with Gasteiger partial charge in [-0.05, 0) is 131 Å². The molecule has 0 amide bonds. The van der Waals surface area contributed by atoms with Gasteiger partial charge in [-0.15, -0.1) is 0 Å². The first-order chi connectivity index (χ1) is 24.5. The van der Waals surface area contributed by atoms with E-state index in [4.69, 9.17) is 0 Å². The molecule has 9 rings (SSSR count). The van der Waals surface area contributed by atoms with Crippen LogP contribution < -0.4 is 20.2 Å². The summed E-state index contributed by atoms with van der Waals surface area (Å²) in [4.78, 5) is 5.16. The van der Waals surface area contributed by atoms with Gasteiger partial charge in [-0.2, -0.15) is 0 Å². The van der Waals surface area contributed by atoms with E-state index < -0.39 is 0 Å². The predicted octanol–water partition coefficient (Wildman–Crippen LogP) is 11.1. The number of anilines is 4. The molecule has 0 radical (unpaired) electrons. The van der Waals surface area contributed by atoms with Crippen LogP contribution in [0.25, 0.3) is 28.9 Å². The van der Waals surface area contributed by atoms with Gasteiger partial charge in [0.15, 0.2) is 0 Å². The molecular formula is C49H50N2. The van der Waals surface area contributed by atoms with Gasteiger partial charge in [0.1, 0.15) is 0 Å². The Balaban J connectivity index is 1.05. The molecular weight excluding hydrogens is 617 g/mol. The highest BCUT2D eigenvalue weighted by Crippen LogP contribution is 2.52. The normalized spacial score (nSPS) is 19.1. The molecule has 2 nitrogen and oxygen atoms in total. The summed E-state index contributed by atoms with van der Waals surface area (Å²) in [5, 5.41) is 2.76. The van der Waals surface area contributed by atoms with Gasteiger partial charge in [0, 0.05) is 45.5 Å². The number of rotatable bonds is 4. The van der Waals surface area contributed by atoms with Crippen LogP contribution in [-0.2, 0) is 17.3 Å². The van der Waals surface area contributed by atoms with E-state index in [0.717, 1.165) is 38.6 Å². The highest BCUT2D eigenvalue weighted by Gasteiger charge is 2.39. The van der Waals surface area contributed by atoms with Crippen LogP contribution in [0.1, 0.15) is 95.0 Å². The lowest BCUT2D eigenvalue weighted by Crippen LogP contribution is -2.44. The van der Waals surface area contributed by atoms with Crippen LogP contribution in [0.5, 0.6) is 0 Å². The third-order valence-electron chi connectivity index (χ3n) is 12.6. The Morgan fingerprint density at radius 3 is 2.18 bits per heavy atom. The summed E-state index contributed by atoms with van der Waals surface area (Å²) < 4.78 is 0. The van der Waals surface area contributed by atoms with E-state index in [1.54, 1.807) is 0 Å². The van der Waals surface area contributed by atoms with Gasteiger partial charge >= 0.3 is 0 Å². The molecule has 2 heteroatoms. The van der Waals surface area contributed by atoms with E-state index in [9.17, 15) is 0 Å². The number of hydrogen-bond acceptors (Lipinski definition) is 2. The number of benzene rings is 5. The van der Waals surface area contributed by atoms with Crippen LogP contribution in [0.3, 0.4) is 0 Å². The van der Waals surface area contributed by atoms with Crippen molar-refractivity contribution in [2.75, 3.05) is 16.3 Å². The quantitative estimate of drug-likeness (QED) is 0.188. The van der Waals surface area contributed by atoms with Gasteiger partial charge in [-0.25, -0.2) is 0 Å². The van der Waals surface area contributed by atoms with Gasteiger partial charge in [-0.1, -0.05) is 119 Å². The first kappa shape index (κ1) is 32.1. The molecule has 2 heterocycles. The number of aryl methyl sites for hydroxylation is 1. The zero-order valence-corrected chi connectivity index (χ0v) is 31.2. The fourth-order valence-electron chi connectivity index (χ4n) is 9.63. The summed E-state index contributed by atoms with van der Waals surface area (Å²) in [6.45, 7) is 15.4. The lowest BCUT2D eigenvalue weighted by atomic mass is 9.77. The standard InChI is InChI=1S/C49H50N2/c1-47(2)29-30-50(46-19-10-8-17-41(46)47)45-20-12-15-37-34(14-11-16-40(37)45)23-21-33-22-25-38-39-26-24-36(32-43(39)49(5,6)42(38)31-33)51-44-18-9-7-13-35(44)27-28-48(51,3)4/h7-10,12-13,15-26,31-32H,11,14,27-30H2,1-6H3/b23-21+. The molecule has 0 saturated heterocycles. The van der Waals surface area contributed by atoms with Gasteiger partial charge in [0.05, 0.1) is 0 Å². The van der Waals surface area contributed by atoms with Gasteiger partial charge < -0.3 is 9.80 Å². The molecule has 2 aliphatic carbocycles. The Hall–Kier alpha value is -4.82. The lowest BCUT2D eigenvalue weighted by molar-refractivity contribution is 0.447. The molecule has 0 spiro atoms. The Labute approximate surface area is 304 Å². The number of nitrogens with zero attached hydrogens (tertiary/aromatic N) is 2. The topological polar surface area (TPSA) is 6.48 Å². The summed E-state index contributed by atoms with van der Waals surface area (Å²) in [7, 11) is 0. The summed E-state index contributed by atoms with van der Waals surface area (Å²) >= 11 is 0. The third kappa shape index (κ3) is 5.13. The maximum absolute atomic E-state index is 2.59. The molecule has 5 aromatic rings. The molecule has 0 unspecified atom stereocenters. The minimum atomic E-state index is -0.0856. The molecule has 51 heavy (non-hydrogen) atoms. The molecule has 5 aromatic carbocycles. The maximum atomic E-state index is 2.59. The van der Waals surface area contributed by atoms with E-state index in [1.165, 1.54) is 77.7 Å². The number of hydrogen-bond donors (Lipinski definition) is 0. The second-order valence-corrected chi connectivity index (χ2v) is 17.1. The molecule has 0 fully saturated rings. The lowest BCUT2D eigenvalue weighted by Gasteiger charge is -2.45. The van der Waals surface area contributed by atoms with E-state index in [0.29, 0.717) is 0 Å². The van der Waals surface area contributed by atoms with Crippen LogP contribution in [0.4, 0.5) is 22.7 Å². The van der Waals surface area contributed by atoms with E-state index in [-0.39, 0.29) is 16.4 Å². The Kier molecular flexibility index (Phi) is 7.31. The van der Waals surface area contributed by atoms with Crippen molar-refractivity contribution in [3.63, 3.8) is 0 Å². The summed E-state index contributed by atoms with van der Waals surface area (Å²) in [6, 6.07) is 39.3. The smallest absolute Gasteiger partial charge is 0.0487 e. The average Bonchev–Trinajstić information content (AvgIpc) is 3.35. The third-order valence-corrected chi connectivity index (χ3v) is 12.6. The monoisotopic (exact) mass is 666 g/mol. The van der Waals surface area contributed by atoms with Crippen molar-refractivity contribution >= 4 is 40.5 Å². The van der Waals surface area contributed by atoms with Crippen LogP contribution in [-0.4, -0.2) is 12.1 Å². The molecule has 4 aliphatic rings. The number of allylic oxidation sites excluding steroid dienone is 1. The average molecular weight is 667 g/mol. The van der Waals surface area contributed by atoms with E-state index >= 15 is 0 Å². The SMILES string of the molecule is CC1(C)CCN(c2cccc3c2=CCCC=3/C=C/c2ccc3c(c2)C(C)(C)c2cc(N4c5ccccc5CCC4(C)C)ccc2-3)c2ccccc21. The second-order valence-electron chi connectivity index (χ2n) is 17.1. The zero-order chi connectivity index (χ0) is 35.1. The summed E-state index contributed by atoms with van der Waals surface area (Å²) in [5.74, 6) is 0. The van der Waals surface area contributed by atoms with Crippen molar-refractivity contribution in [3.8, 4) is 11.1 Å². The van der Waals surface area contributed by atoms with Crippen LogP contribution >= 0.6 is 0 Å². The van der Waals surface area contributed by atoms with Crippen molar-refractivity contribution in [2.45, 2.75) is 90.0 Å². The molecule has 0 N–H and O–H groups in total. The highest BCUT2D eigenvalue weighted by atomic mass is 15.2. The highest BCUT2D eigenvalue weighted by molar-refractivity contribution is 5.85. The fourth-order valence-corrected chi connectivity index (χ4v) is 9.63. The summed E-state index contributed by atoms with van der Waals surface area (Å²) in [5.41, 5.74) is 16.7. The Bertz CT molecular complexity index is 2370.